The van der Waals surface area contributed by atoms with E-state index in [0.717, 1.165) is 0 Å². The van der Waals surface area contributed by atoms with Gasteiger partial charge in [-0.25, -0.2) is 28.1 Å². The van der Waals surface area contributed by atoms with Crippen LogP contribution in [0.15, 0.2) is 41.3 Å². The minimum absolute atomic E-state index is 0.0491. The third-order valence-corrected chi connectivity index (χ3v) is 5.65. The number of thioether (sulfide) groups is 1. The molecule has 0 unspecified atom stereocenters. The van der Waals surface area contributed by atoms with Gasteiger partial charge in [-0.1, -0.05) is 0 Å². The lowest BCUT2D eigenvalue weighted by molar-refractivity contribution is 0.142. The number of alkyl halides is 2. The lowest BCUT2D eigenvalue weighted by Crippen LogP contribution is -2.07. The smallest absolute Gasteiger partial charge is 0.295 e. The van der Waals surface area contributed by atoms with Crippen molar-refractivity contribution in [1.29, 1.82) is 5.26 Å². The molecule has 0 saturated heterocycles. The average Bonchev–Trinajstić information content (AvgIpc) is 3.31. The zero-order valence-electron chi connectivity index (χ0n) is 19.1. The number of methoxy groups -OCH3 is 1. The molecule has 3 heterocycles. The quantitative estimate of drug-likeness (QED) is 0.185. The Kier molecular flexibility index (Phi) is 7.77. The number of benzene rings is 1. The largest absolute Gasteiger partial charge is 0.488 e. The fourth-order valence-electron chi connectivity index (χ4n) is 3.26. The molecule has 0 aliphatic carbocycles. The zero-order valence-corrected chi connectivity index (χ0v) is 19.9. The summed E-state index contributed by atoms with van der Waals surface area (Å²) in [5.74, 6) is -0.123. The van der Waals surface area contributed by atoms with Gasteiger partial charge in [0.1, 0.15) is 35.6 Å². The second kappa shape index (κ2) is 11.1. The van der Waals surface area contributed by atoms with E-state index in [1.54, 1.807) is 30.5 Å². The number of rotatable bonds is 10. The average molecular weight is 516 g/mol. The monoisotopic (exact) mass is 515 g/mol. The maximum Gasteiger partial charge on any atom is 0.295 e. The highest BCUT2D eigenvalue weighted by atomic mass is 32.2. The second-order valence-corrected chi connectivity index (χ2v) is 8.11. The molecular formula is C23H20F3N7O2S. The summed E-state index contributed by atoms with van der Waals surface area (Å²) in [6, 6.07) is 10.9. The molecule has 0 spiro atoms. The summed E-state index contributed by atoms with van der Waals surface area (Å²) in [6.45, 7) is 0.599. The van der Waals surface area contributed by atoms with Gasteiger partial charge in [0.05, 0.1) is 18.0 Å². The molecule has 4 aromatic rings. The van der Waals surface area contributed by atoms with Gasteiger partial charge < -0.3 is 25.1 Å². The Morgan fingerprint density at radius 1 is 1.06 bits per heavy atom. The molecule has 1 aromatic carbocycles. The Labute approximate surface area is 208 Å². The molecular weight excluding hydrogens is 495 g/mol. The fourth-order valence-corrected chi connectivity index (χ4v) is 3.83. The molecule has 13 heteroatoms. The number of hydrogen-bond donors (Lipinski definition) is 3. The van der Waals surface area contributed by atoms with Gasteiger partial charge in [0.25, 0.3) is 6.43 Å². The third kappa shape index (κ3) is 5.61. The maximum absolute atomic E-state index is 13.7. The predicted octanol–water partition coefficient (Wildman–Crippen LogP) is 5.54. The van der Waals surface area contributed by atoms with Crippen molar-refractivity contribution in [1.82, 2.24) is 19.9 Å². The van der Waals surface area contributed by atoms with Gasteiger partial charge in [0, 0.05) is 18.1 Å². The van der Waals surface area contributed by atoms with Crippen molar-refractivity contribution in [3.05, 3.63) is 53.7 Å². The molecule has 0 fully saturated rings. The number of halogens is 3. The molecule has 3 aromatic heterocycles. The van der Waals surface area contributed by atoms with Gasteiger partial charge in [0.2, 0.25) is 0 Å². The van der Waals surface area contributed by atoms with Crippen LogP contribution < -0.4 is 15.4 Å². The number of aromatic amines is 1. The van der Waals surface area contributed by atoms with Crippen molar-refractivity contribution in [3.63, 3.8) is 0 Å². The molecule has 0 bridgehead atoms. The van der Waals surface area contributed by atoms with E-state index < -0.39 is 18.1 Å². The highest BCUT2D eigenvalue weighted by molar-refractivity contribution is 7.98. The van der Waals surface area contributed by atoms with Crippen molar-refractivity contribution in [2.75, 3.05) is 37.2 Å². The van der Waals surface area contributed by atoms with Gasteiger partial charge in [-0.15, -0.1) is 11.8 Å². The lowest BCUT2D eigenvalue weighted by Gasteiger charge is -2.13. The van der Waals surface area contributed by atoms with Crippen LogP contribution in [0, 0.1) is 17.1 Å². The molecule has 3 N–H and O–H groups in total. The van der Waals surface area contributed by atoms with Gasteiger partial charge in [0.15, 0.2) is 22.9 Å². The first-order valence-corrected chi connectivity index (χ1v) is 11.7. The van der Waals surface area contributed by atoms with Crippen LogP contribution in [-0.2, 0) is 4.74 Å². The summed E-state index contributed by atoms with van der Waals surface area (Å²) in [7, 11) is 1.54. The van der Waals surface area contributed by atoms with E-state index in [2.05, 4.69) is 30.6 Å². The number of nitriles is 1. The highest BCUT2D eigenvalue weighted by Gasteiger charge is 2.18. The van der Waals surface area contributed by atoms with E-state index in [1.165, 1.54) is 31.0 Å². The number of fused-ring (bicyclic) bond motifs is 1. The Morgan fingerprint density at radius 3 is 2.61 bits per heavy atom. The van der Waals surface area contributed by atoms with Crippen LogP contribution in [0.1, 0.15) is 17.9 Å². The molecule has 36 heavy (non-hydrogen) atoms. The van der Waals surface area contributed by atoms with Crippen molar-refractivity contribution in [2.24, 2.45) is 0 Å². The topological polar surface area (TPSA) is 121 Å². The standard InChI is InChI=1S/C23H20F3N7O2S/c1-34-7-8-35-16-5-6-18(29-15(16)11-27)30-19-10-14(20-22(31-19)33-23(32-20)21(25)26)28-13-4-3-12(24)9-17(13)36-2/h3-6,9-10,21H,7-8H2,1-2H3,(H3,28,29,30,31,32,33). The first-order valence-electron chi connectivity index (χ1n) is 10.5. The molecule has 9 nitrogen and oxygen atoms in total. The summed E-state index contributed by atoms with van der Waals surface area (Å²) < 4.78 is 50.8. The minimum atomic E-state index is -2.83. The van der Waals surface area contributed by atoms with Crippen molar-refractivity contribution < 1.29 is 22.6 Å². The van der Waals surface area contributed by atoms with Gasteiger partial charge in [-0.05, 0) is 36.6 Å². The van der Waals surface area contributed by atoms with Crippen molar-refractivity contribution >= 4 is 45.9 Å². The zero-order chi connectivity index (χ0) is 25.7. The Balaban J connectivity index is 1.70. The number of nitrogens with one attached hydrogen (secondary N) is 3. The van der Waals surface area contributed by atoms with E-state index in [-0.39, 0.29) is 35.1 Å². The van der Waals surface area contributed by atoms with Crippen LogP contribution >= 0.6 is 11.8 Å². The molecule has 186 valence electrons. The van der Waals surface area contributed by atoms with Crippen LogP contribution in [0.3, 0.4) is 0 Å². The number of hydrogen-bond acceptors (Lipinski definition) is 9. The third-order valence-electron chi connectivity index (χ3n) is 4.88. The lowest BCUT2D eigenvalue weighted by atomic mass is 10.2. The molecule has 0 saturated carbocycles. The first kappa shape index (κ1) is 25.1. The Bertz CT molecular complexity index is 1430. The van der Waals surface area contributed by atoms with Crippen LogP contribution in [0.25, 0.3) is 11.2 Å². The normalized spacial score (nSPS) is 11.0. The summed E-state index contributed by atoms with van der Waals surface area (Å²) in [6.07, 6.45) is -1.04. The number of anilines is 4. The molecule has 4 rings (SSSR count). The maximum atomic E-state index is 13.7. The van der Waals surface area contributed by atoms with Gasteiger partial charge in [-0.2, -0.15) is 5.26 Å². The van der Waals surface area contributed by atoms with Crippen LogP contribution in [-0.4, -0.2) is 46.5 Å². The van der Waals surface area contributed by atoms with E-state index in [0.29, 0.717) is 28.6 Å². The Hall–Kier alpha value is -4.02. The summed E-state index contributed by atoms with van der Waals surface area (Å²) in [5.41, 5.74) is 1.25. The number of pyridine rings is 2. The molecule has 0 radical (unpaired) electrons. The minimum Gasteiger partial charge on any atom is -0.488 e. The number of nitrogens with zero attached hydrogens (tertiary/aromatic N) is 4. The van der Waals surface area contributed by atoms with Crippen LogP contribution in [0.2, 0.25) is 0 Å². The van der Waals surface area contributed by atoms with Gasteiger partial charge >= 0.3 is 0 Å². The molecule has 0 amide bonds. The predicted molar refractivity (Wildman–Crippen MR) is 130 cm³/mol. The second-order valence-electron chi connectivity index (χ2n) is 7.27. The van der Waals surface area contributed by atoms with Crippen LogP contribution in [0.5, 0.6) is 5.75 Å². The number of H-pyrrole nitrogens is 1. The first-order chi connectivity index (χ1) is 17.4. The van der Waals surface area contributed by atoms with E-state index in [4.69, 9.17) is 9.47 Å². The van der Waals surface area contributed by atoms with Gasteiger partial charge in [-0.3, -0.25) is 0 Å². The van der Waals surface area contributed by atoms with Crippen molar-refractivity contribution in [2.45, 2.75) is 11.3 Å². The van der Waals surface area contributed by atoms with E-state index >= 15 is 0 Å². The van der Waals surface area contributed by atoms with Crippen molar-refractivity contribution in [3.8, 4) is 11.8 Å². The number of aromatic nitrogens is 4. The summed E-state index contributed by atoms with van der Waals surface area (Å²) >= 11 is 1.32. The van der Waals surface area contributed by atoms with Crippen LogP contribution in [0.4, 0.5) is 36.2 Å². The van der Waals surface area contributed by atoms with E-state index in [9.17, 15) is 18.4 Å². The number of ether oxygens (including phenoxy) is 2. The summed E-state index contributed by atoms with van der Waals surface area (Å²) in [4.78, 5) is 15.7. The summed E-state index contributed by atoms with van der Waals surface area (Å²) in [5, 5.41) is 15.6. The molecule has 0 atom stereocenters. The molecule has 0 aliphatic heterocycles. The number of imidazole rings is 1. The highest BCUT2D eigenvalue weighted by Crippen LogP contribution is 2.34. The van der Waals surface area contributed by atoms with E-state index in [1.807, 2.05) is 6.07 Å². The fraction of sp³-hybridized carbons (Fsp3) is 0.217. The SMILES string of the molecule is COCCOc1ccc(Nc2cc(Nc3ccc(F)cc3SC)c3nc(C(F)F)[nH]c3n2)nc1C#N. The Morgan fingerprint density at radius 2 is 1.89 bits per heavy atom. The molecule has 0 aliphatic rings.